The molecule has 7 heteroatoms. The molecule has 1 saturated heterocycles. The van der Waals surface area contributed by atoms with Gasteiger partial charge in [-0.15, -0.1) is 0 Å². The van der Waals surface area contributed by atoms with Crippen LogP contribution in [-0.2, 0) is 13.1 Å². The van der Waals surface area contributed by atoms with E-state index in [4.69, 9.17) is 4.52 Å². The van der Waals surface area contributed by atoms with Gasteiger partial charge in [-0.25, -0.2) is 0 Å². The first-order valence-electron chi connectivity index (χ1n) is 7.83. The maximum atomic E-state index is 5.41. The van der Waals surface area contributed by atoms with E-state index < -0.39 is 0 Å². The summed E-state index contributed by atoms with van der Waals surface area (Å²) in [5.41, 5.74) is 0.872. The van der Waals surface area contributed by atoms with Crippen LogP contribution in [0.3, 0.4) is 0 Å². The van der Waals surface area contributed by atoms with Crippen molar-refractivity contribution in [1.82, 2.24) is 29.8 Å². The van der Waals surface area contributed by atoms with Crippen LogP contribution < -0.4 is 0 Å². The molecule has 3 aromatic heterocycles. The zero-order valence-corrected chi connectivity index (χ0v) is 12.7. The Kier molecular flexibility index (Phi) is 3.85. The van der Waals surface area contributed by atoms with E-state index in [2.05, 4.69) is 25.1 Å². The molecule has 0 bridgehead atoms. The lowest BCUT2D eigenvalue weighted by Gasteiger charge is -2.22. The van der Waals surface area contributed by atoms with Gasteiger partial charge in [0.1, 0.15) is 0 Å². The molecule has 0 aromatic carbocycles. The van der Waals surface area contributed by atoms with Gasteiger partial charge in [0.2, 0.25) is 11.7 Å². The fourth-order valence-electron chi connectivity index (χ4n) is 3.04. The molecule has 1 atom stereocenters. The molecule has 23 heavy (non-hydrogen) atoms. The topological polar surface area (TPSA) is 72.9 Å². The molecular weight excluding hydrogens is 292 g/mol. The third-order valence-corrected chi connectivity index (χ3v) is 4.18. The van der Waals surface area contributed by atoms with Crippen LogP contribution in [-0.4, -0.2) is 42.4 Å². The quantitative estimate of drug-likeness (QED) is 0.717. The van der Waals surface area contributed by atoms with E-state index >= 15 is 0 Å². The second-order valence-corrected chi connectivity index (χ2v) is 5.75. The van der Waals surface area contributed by atoms with Crippen LogP contribution in [0.25, 0.3) is 11.4 Å². The molecule has 1 fully saturated rings. The highest BCUT2D eigenvalue weighted by molar-refractivity contribution is 5.51. The number of nitrogens with zero attached hydrogens (tertiary/aromatic N) is 6. The van der Waals surface area contributed by atoms with Gasteiger partial charge in [-0.05, 0) is 37.6 Å². The van der Waals surface area contributed by atoms with Crippen LogP contribution in [0.1, 0.15) is 18.7 Å². The first-order chi connectivity index (χ1) is 11.4. The molecule has 4 rings (SSSR count). The minimum Gasteiger partial charge on any atom is -0.338 e. The molecule has 7 nitrogen and oxygen atoms in total. The largest absolute Gasteiger partial charge is 0.338 e. The van der Waals surface area contributed by atoms with Crippen molar-refractivity contribution in [2.24, 2.45) is 0 Å². The van der Waals surface area contributed by atoms with Gasteiger partial charge in [-0.3, -0.25) is 14.6 Å². The Labute approximate surface area is 134 Å². The normalized spacial score (nSPS) is 18.5. The minimum atomic E-state index is 0.462. The summed E-state index contributed by atoms with van der Waals surface area (Å²) in [7, 11) is 0. The Hall–Kier alpha value is -2.54. The second kappa shape index (κ2) is 6.29. The molecule has 0 aliphatic carbocycles. The van der Waals surface area contributed by atoms with Crippen LogP contribution in [0.4, 0.5) is 0 Å². The summed E-state index contributed by atoms with van der Waals surface area (Å²) in [6.45, 7) is 2.63. The van der Waals surface area contributed by atoms with Crippen molar-refractivity contribution in [2.45, 2.75) is 32.0 Å². The average Bonchev–Trinajstić information content (AvgIpc) is 3.33. The fraction of sp³-hybridized carbons (Fsp3) is 0.375. The molecule has 0 amide bonds. The van der Waals surface area contributed by atoms with Gasteiger partial charge in [0.05, 0.1) is 13.1 Å². The highest BCUT2D eigenvalue weighted by atomic mass is 16.5. The number of pyridine rings is 1. The average molecular weight is 310 g/mol. The second-order valence-electron chi connectivity index (χ2n) is 5.75. The molecular formula is C16H18N6O. The number of hydrogen-bond donors (Lipinski definition) is 0. The summed E-state index contributed by atoms with van der Waals surface area (Å²) in [4.78, 5) is 11.0. The summed E-state index contributed by atoms with van der Waals surface area (Å²) in [5.74, 6) is 1.24. The van der Waals surface area contributed by atoms with E-state index in [0.29, 0.717) is 24.3 Å². The molecule has 3 aromatic rings. The molecule has 118 valence electrons. The lowest BCUT2D eigenvalue weighted by atomic mass is 10.2. The van der Waals surface area contributed by atoms with Gasteiger partial charge in [-0.2, -0.15) is 10.1 Å². The molecule has 1 aliphatic rings. The Balaban J connectivity index is 1.44. The van der Waals surface area contributed by atoms with Crippen molar-refractivity contribution in [3.05, 3.63) is 48.9 Å². The SMILES string of the molecule is c1cncc(-c2noc(CN3CCC[C@@H]3Cn3cccn3)n2)c1. The lowest BCUT2D eigenvalue weighted by molar-refractivity contribution is 0.192. The minimum absolute atomic E-state index is 0.462. The maximum absolute atomic E-state index is 5.41. The van der Waals surface area contributed by atoms with Crippen molar-refractivity contribution in [3.8, 4) is 11.4 Å². The first-order valence-corrected chi connectivity index (χ1v) is 7.83. The van der Waals surface area contributed by atoms with Crippen molar-refractivity contribution in [2.75, 3.05) is 6.54 Å². The van der Waals surface area contributed by atoms with E-state index in [1.807, 2.05) is 35.3 Å². The maximum Gasteiger partial charge on any atom is 0.241 e. The number of rotatable bonds is 5. The highest BCUT2D eigenvalue weighted by Crippen LogP contribution is 2.22. The molecule has 0 unspecified atom stereocenters. The van der Waals surface area contributed by atoms with Gasteiger partial charge < -0.3 is 4.52 Å². The van der Waals surface area contributed by atoms with Crippen molar-refractivity contribution < 1.29 is 4.52 Å². The summed E-state index contributed by atoms with van der Waals surface area (Å²) in [6.07, 6.45) is 9.65. The van der Waals surface area contributed by atoms with Gasteiger partial charge in [0, 0.05) is 36.4 Å². The summed E-state index contributed by atoms with van der Waals surface area (Å²) < 4.78 is 7.40. The Morgan fingerprint density at radius 3 is 3.09 bits per heavy atom. The van der Waals surface area contributed by atoms with Gasteiger partial charge in [0.15, 0.2) is 0 Å². The van der Waals surface area contributed by atoms with E-state index in [1.54, 1.807) is 12.4 Å². The van der Waals surface area contributed by atoms with E-state index in [-0.39, 0.29) is 0 Å². The molecule has 0 radical (unpaired) electrons. The standard InChI is InChI=1S/C16H18N6O/c1-4-13(10-17-6-1)16-19-15(23-20-16)12-21-8-2-5-14(21)11-22-9-3-7-18-22/h1,3-4,6-7,9-10,14H,2,5,8,11-12H2/t14-/m1/s1. The monoisotopic (exact) mass is 310 g/mol. The third-order valence-electron chi connectivity index (χ3n) is 4.18. The number of hydrogen-bond acceptors (Lipinski definition) is 6. The first kappa shape index (κ1) is 14.1. The predicted molar refractivity (Wildman–Crippen MR) is 83.2 cm³/mol. The van der Waals surface area contributed by atoms with E-state index in [9.17, 15) is 0 Å². The number of likely N-dealkylation sites (tertiary alicyclic amines) is 1. The van der Waals surface area contributed by atoms with E-state index in [1.165, 1.54) is 12.8 Å². The smallest absolute Gasteiger partial charge is 0.241 e. The van der Waals surface area contributed by atoms with Crippen LogP contribution in [0.5, 0.6) is 0 Å². The molecule has 4 heterocycles. The third kappa shape index (κ3) is 3.14. The van der Waals surface area contributed by atoms with Crippen LogP contribution in [0, 0.1) is 0 Å². The summed E-state index contributed by atoms with van der Waals surface area (Å²) in [6, 6.07) is 6.21. The van der Waals surface area contributed by atoms with Crippen LogP contribution in [0.2, 0.25) is 0 Å². The van der Waals surface area contributed by atoms with Gasteiger partial charge in [0.25, 0.3) is 0 Å². The van der Waals surface area contributed by atoms with Gasteiger partial charge in [-0.1, -0.05) is 5.16 Å². The van der Waals surface area contributed by atoms with Crippen molar-refractivity contribution >= 4 is 0 Å². The van der Waals surface area contributed by atoms with Gasteiger partial charge >= 0.3 is 0 Å². The van der Waals surface area contributed by atoms with Crippen LogP contribution >= 0.6 is 0 Å². The predicted octanol–water partition coefficient (Wildman–Crippen LogP) is 1.99. The molecule has 0 saturated carbocycles. The molecule has 1 aliphatic heterocycles. The lowest BCUT2D eigenvalue weighted by Crippen LogP contribution is -2.32. The van der Waals surface area contributed by atoms with Crippen molar-refractivity contribution in [3.63, 3.8) is 0 Å². The summed E-state index contributed by atoms with van der Waals surface area (Å²) in [5, 5.41) is 8.36. The van der Waals surface area contributed by atoms with Crippen LogP contribution in [0.15, 0.2) is 47.5 Å². The Bertz CT molecular complexity index is 739. The number of aromatic nitrogens is 5. The zero-order chi connectivity index (χ0) is 15.5. The fourth-order valence-corrected chi connectivity index (χ4v) is 3.04. The Morgan fingerprint density at radius 2 is 2.26 bits per heavy atom. The summed E-state index contributed by atoms with van der Waals surface area (Å²) >= 11 is 0. The highest BCUT2D eigenvalue weighted by Gasteiger charge is 2.26. The van der Waals surface area contributed by atoms with E-state index in [0.717, 1.165) is 18.7 Å². The Morgan fingerprint density at radius 1 is 1.26 bits per heavy atom. The van der Waals surface area contributed by atoms with Crippen molar-refractivity contribution in [1.29, 1.82) is 0 Å². The molecule has 0 N–H and O–H groups in total. The molecule has 0 spiro atoms. The zero-order valence-electron chi connectivity index (χ0n) is 12.7.